The molecule has 0 spiro atoms. The van der Waals surface area contributed by atoms with Crippen LogP contribution in [0.25, 0.3) is 0 Å². The highest BCUT2D eigenvalue weighted by Gasteiger charge is 2.20. The number of halogens is 1. The Bertz CT molecular complexity index is 327. The Balaban J connectivity index is 2.71. The molecule has 0 atom stereocenters. The third-order valence-corrected chi connectivity index (χ3v) is 2.30. The molecule has 0 bridgehead atoms. The zero-order chi connectivity index (χ0) is 10.8. The maximum absolute atomic E-state index is 11.6. The van der Waals surface area contributed by atoms with Crippen molar-refractivity contribution in [1.82, 2.24) is 4.98 Å². The molecule has 1 aromatic rings. The van der Waals surface area contributed by atoms with E-state index in [4.69, 9.17) is 0 Å². The first-order valence-corrected chi connectivity index (χ1v) is 5.40. The fraction of sp³-hybridized carbons (Fsp3) is 0.400. The molecule has 0 saturated carbocycles. The van der Waals surface area contributed by atoms with E-state index >= 15 is 0 Å². The molecular formula is C10H13IN2O. The smallest absolute Gasteiger partial charge is 0.229 e. The zero-order valence-corrected chi connectivity index (χ0v) is 10.6. The number of aromatic nitrogens is 1. The molecule has 3 nitrogen and oxygen atoms in total. The first-order valence-electron chi connectivity index (χ1n) is 4.32. The van der Waals surface area contributed by atoms with Gasteiger partial charge < -0.3 is 5.32 Å². The lowest BCUT2D eigenvalue weighted by molar-refractivity contribution is -0.123. The van der Waals surface area contributed by atoms with Crippen molar-refractivity contribution in [3.8, 4) is 0 Å². The summed E-state index contributed by atoms with van der Waals surface area (Å²) in [5.41, 5.74) is 0.369. The monoisotopic (exact) mass is 304 g/mol. The van der Waals surface area contributed by atoms with Gasteiger partial charge in [-0.25, -0.2) is 4.98 Å². The molecule has 0 fully saturated rings. The summed E-state index contributed by atoms with van der Waals surface area (Å²) in [4.78, 5) is 15.7. The normalized spacial score (nSPS) is 11.1. The molecule has 1 rings (SSSR count). The minimum atomic E-state index is -0.372. The summed E-state index contributed by atoms with van der Waals surface area (Å²) in [5.74, 6) is 0.000471. The van der Waals surface area contributed by atoms with Crippen molar-refractivity contribution in [2.24, 2.45) is 5.41 Å². The third kappa shape index (κ3) is 3.25. The van der Waals surface area contributed by atoms with Crippen molar-refractivity contribution < 1.29 is 4.79 Å². The Hall–Kier alpha value is -0.650. The van der Waals surface area contributed by atoms with Gasteiger partial charge >= 0.3 is 0 Å². The lowest BCUT2D eigenvalue weighted by atomic mass is 9.96. The van der Waals surface area contributed by atoms with Crippen LogP contribution >= 0.6 is 22.6 Å². The summed E-state index contributed by atoms with van der Waals surface area (Å²) in [6, 6.07) is 3.71. The predicted octanol–water partition coefficient (Wildman–Crippen LogP) is 2.67. The summed E-state index contributed by atoms with van der Waals surface area (Å²) in [5, 5.41) is 2.80. The molecule has 0 aliphatic carbocycles. The highest BCUT2D eigenvalue weighted by atomic mass is 127. The van der Waals surface area contributed by atoms with E-state index in [0.717, 1.165) is 9.39 Å². The van der Waals surface area contributed by atoms with Gasteiger partial charge in [0.05, 0.1) is 11.9 Å². The van der Waals surface area contributed by atoms with Crippen LogP contribution in [0.1, 0.15) is 20.8 Å². The van der Waals surface area contributed by atoms with Gasteiger partial charge in [0, 0.05) is 5.41 Å². The number of anilines is 1. The maximum Gasteiger partial charge on any atom is 0.229 e. The van der Waals surface area contributed by atoms with Gasteiger partial charge in [-0.1, -0.05) is 20.8 Å². The van der Waals surface area contributed by atoms with Gasteiger partial charge in [0.2, 0.25) is 5.91 Å². The molecule has 1 aromatic heterocycles. The van der Waals surface area contributed by atoms with E-state index in [1.165, 1.54) is 0 Å². The molecule has 1 amide bonds. The van der Waals surface area contributed by atoms with Gasteiger partial charge in [0.1, 0.15) is 3.70 Å². The second kappa shape index (κ2) is 4.25. The maximum atomic E-state index is 11.6. The SMILES string of the molecule is CC(C)(C)C(=O)Nc1ccc(I)nc1. The fourth-order valence-corrected chi connectivity index (χ4v) is 1.09. The van der Waals surface area contributed by atoms with Crippen LogP contribution in [0, 0.1) is 9.12 Å². The second-order valence-corrected chi connectivity index (χ2v) is 5.18. The van der Waals surface area contributed by atoms with E-state index in [-0.39, 0.29) is 11.3 Å². The second-order valence-electron chi connectivity index (χ2n) is 4.07. The van der Waals surface area contributed by atoms with Gasteiger partial charge in [-0.3, -0.25) is 4.79 Å². The third-order valence-electron chi connectivity index (χ3n) is 1.67. The molecule has 0 aliphatic rings. The number of pyridine rings is 1. The topological polar surface area (TPSA) is 42.0 Å². The van der Waals surface area contributed by atoms with Gasteiger partial charge in [-0.15, -0.1) is 0 Å². The predicted molar refractivity (Wildman–Crippen MR) is 65.0 cm³/mol. The van der Waals surface area contributed by atoms with Crippen molar-refractivity contribution in [2.45, 2.75) is 20.8 Å². The summed E-state index contributed by atoms with van der Waals surface area (Å²) >= 11 is 2.12. The van der Waals surface area contributed by atoms with Crippen LogP contribution in [-0.2, 0) is 4.79 Å². The van der Waals surface area contributed by atoms with Crippen molar-refractivity contribution in [3.05, 3.63) is 22.0 Å². The number of carbonyl (C=O) groups excluding carboxylic acids is 1. The van der Waals surface area contributed by atoms with E-state index in [2.05, 4.69) is 32.9 Å². The molecule has 14 heavy (non-hydrogen) atoms. The number of amides is 1. The molecule has 1 heterocycles. The van der Waals surface area contributed by atoms with Gasteiger partial charge in [0.15, 0.2) is 0 Å². The Morgan fingerprint density at radius 1 is 1.43 bits per heavy atom. The molecule has 0 aliphatic heterocycles. The molecule has 76 valence electrons. The number of nitrogens with zero attached hydrogens (tertiary/aromatic N) is 1. The first kappa shape index (κ1) is 11.4. The quantitative estimate of drug-likeness (QED) is 0.640. The highest BCUT2D eigenvalue weighted by molar-refractivity contribution is 14.1. The Morgan fingerprint density at radius 2 is 2.07 bits per heavy atom. The average Bonchev–Trinajstić information content (AvgIpc) is 2.07. The van der Waals surface area contributed by atoms with Crippen LogP contribution < -0.4 is 5.32 Å². The van der Waals surface area contributed by atoms with Gasteiger partial charge in [-0.05, 0) is 34.7 Å². The van der Waals surface area contributed by atoms with Crippen LogP contribution in [0.3, 0.4) is 0 Å². The van der Waals surface area contributed by atoms with E-state index in [9.17, 15) is 4.79 Å². The van der Waals surface area contributed by atoms with Crippen molar-refractivity contribution in [2.75, 3.05) is 5.32 Å². The van der Waals surface area contributed by atoms with Crippen LogP contribution in [0.4, 0.5) is 5.69 Å². The molecule has 0 unspecified atom stereocenters. The van der Waals surface area contributed by atoms with Crippen LogP contribution in [-0.4, -0.2) is 10.9 Å². The zero-order valence-electron chi connectivity index (χ0n) is 8.47. The Morgan fingerprint density at radius 3 is 2.50 bits per heavy atom. The Labute approximate surface area is 97.4 Å². The lowest BCUT2D eigenvalue weighted by Crippen LogP contribution is -2.27. The van der Waals surface area contributed by atoms with Crippen molar-refractivity contribution in [3.63, 3.8) is 0 Å². The molecule has 0 saturated heterocycles. The van der Waals surface area contributed by atoms with E-state index in [1.807, 2.05) is 32.9 Å². The minimum Gasteiger partial charge on any atom is -0.324 e. The lowest BCUT2D eigenvalue weighted by Gasteiger charge is -2.17. The van der Waals surface area contributed by atoms with Gasteiger partial charge in [-0.2, -0.15) is 0 Å². The molecule has 0 aromatic carbocycles. The minimum absolute atomic E-state index is 0.000471. The molecular weight excluding hydrogens is 291 g/mol. The molecule has 1 N–H and O–H groups in total. The summed E-state index contributed by atoms with van der Waals surface area (Å²) in [6.45, 7) is 5.63. The average molecular weight is 304 g/mol. The summed E-state index contributed by atoms with van der Waals surface area (Å²) < 4.78 is 0.913. The van der Waals surface area contributed by atoms with Gasteiger partial charge in [0.25, 0.3) is 0 Å². The van der Waals surface area contributed by atoms with Crippen LogP contribution in [0.2, 0.25) is 0 Å². The standard InChI is InChI=1S/C10H13IN2O/c1-10(2,3)9(14)13-7-4-5-8(11)12-6-7/h4-6H,1-3H3,(H,13,14). The van der Waals surface area contributed by atoms with E-state index in [1.54, 1.807) is 6.20 Å². The number of rotatable bonds is 1. The van der Waals surface area contributed by atoms with Crippen LogP contribution in [0.15, 0.2) is 18.3 Å². The number of carbonyl (C=O) groups is 1. The number of hydrogen-bond acceptors (Lipinski definition) is 2. The van der Waals surface area contributed by atoms with Crippen molar-refractivity contribution in [1.29, 1.82) is 0 Å². The number of nitrogens with one attached hydrogen (secondary N) is 1. The molecule has 0 radical (unpaired) electrons. The number of hydrogen-bond donors (Lipinski definition) is 1. The van der Waals surface area contributed by atoms with Crippen molar-refractivity contribution >= 4 is 34.2 Å². The highest BCUT2D eigenvalue weighted by Crippen LogP contribution is 2.16. The summed E-state index contributed by atoms with van der Waals surface area (Å²) in [7, 11) is 0. The van der Waals surface area contributed by atoms with E-state index < -0.39 is 0 Å². The largest absolute Gasteiger partial charge is 0.324 e. The van der Waals surface area contributed by atoms with Crippen LogP contribution in [0.5, 0.6) is 0 Å². The first-order chi connectivity index (χ1) is 6.39. The van der Waals surface area contributed by atoms with E-state index in [0.29, 0.717) is 0 Å². The Kier molecular flexibility index (Phi) is 3.47. The fourth-order valence-electron chi connectivity index (χ4n) is 0.768. The summed E-state index contributed by atoms with van der Waals surface area (Å²) in [6.07, 6.45) is 1.66. The molecule has 4 heteroatoms.